The minimum atomic E-state index is -0.307. The molecule has 3 aromatic carbocycles. The molecule has 0 radical (unpaired) electrons. The van der Waals surface area contributed by atoms with Gasteiger partial charge < -0.3 is 23.5 Å². The first-order valence-corrected chi connectivity index (χ1v) is 11.6. The molecule has 182 valence electrons. The molecule has 0 aliphatic carbocycles. The Balaban J connectivity index is 1.35. The van der Waals surface area contributed by atoms with Crippen LogP contribution in [-0.4, -0.2) is 52.4 Å². The van der Waals surface area contributed by atoms with Crippen molar-refractivity contribution in [2.24, 2.45) is 0 Å². The summed E-state index contributed by atoms with van der Waals surface area (Å²) in [6, 6.07) is 18.6. The number of anilines is 1. The lowest BCUT2D eigenvalue weighted by Gasteiger charge is -2.36. The lowest BCUT2D eigenvalue weighted by molar-refractivity contribution is 0.250. The summed E-state index contributed by atoms with van der Waals surface area (Å²) in [4.78, 5) is 4.78. The first-order chi connectivity index (χ1) is 17.1. The monoisotopic (exact) mass is 476 g/mol. The number of benzene rings is 3. The molecule has 1 saturated heterocycles. The predicted octanol–water partition coefficient (Wildman–Crippen LogP) is 5.59. The molecule has 0 unspecified atom stereocenters. The zero-order chi connectivity index (χ0) is 24.4. The van der Waals surface area contributed by atoms with Gasteiger partial charge in [-0.3, -0.25) is 4.90 Å². The topological polar surface area (TPSA) is 47.3 Å². The van der Waals surface area contributed by atoms with E-state index in [-0.39, 0.29) is 5.82 Å². The smallest absolute Gasteiger partial charge is 0.176 e. The summed E-state index contributed by atoms with van der Waals surface area (Å²) in [5.74, 6) is 2.30. The maximum atomic E-state index is 14.4. The number of piperazine rings is 1. The van der Waals surface area contributed by atoms with Crippen LogP contribution in [0.1, 0.15) is 5.56 Å². The van der Waals surface area contributed by atoms with E-state index in [1.165, 1.54) is 6.07 Å². The molecule has 1 fully saturated rings. The quantitative estimate of drug-likeness (QED) is 0.347. The van der Waals surface area contributed by atoms with Gasteiger partial charge in [-0.2, -0.15) is 0 Å². The van der Waals surface area contributed by atoms with E-state index >= 15 is 0 Å². The van der Waals surface area contributed by atoms with Gasteiger partial charge >= 0.3 is 0 Å². The highest BCUT2D eigenvalue weighted by Gasteiger charge is 2.21. The van der Waals surface area contributed by atoms with Gasteiger partial charge in [0.1, 0.15) is 11.6 Å². The van der Waals surface area contributed by atoms with Crippen molar-refractivity contribution in [1.29, 1.82) is 0 Å². The molecule has 7 heteroatoms. The van der Waals surface area contributed by atoms with Crippen LogP contribution in [0.4, 0.5) is 10.1 Å². The Labute approximate surface area is 204 Å². The average Bonchev–Trinajstić information content (AvgIpc) is 3.35. The van der Waals surface area contributed by atoms with Gasteiger partial charge in [0.05, 0.1) is 26.9 Å². The second kappa shape index (κ2) is 9.88. The lowest BCUT2D eigenvalue weighted by Crippen LogP contribution is -2.46. The van der Waals surface area contributed by atoms with Crippen molar-refractivity contribution in [3.05, 3.63) is 72.0 Å². The molecule has 35 heavy (non-hydrogen) atoms. The fraction of sp³-hybridized carbons (Fsp3) is 0.286. The third-order valence-electron chi connectivity index (χ3n) is 6.60. The highest BCUT2D eigenvalue weighted by molar-refractivity contribution is 5.90. The molecule has 0 N–H and O–H groups in total. The first-order valence-electron chi connectivity index (χ1n) is 11.6. The van der Waals surface area contributed by atoms with Crippen LogP contribution in [0.2, 0.25) is 0 Å². The van der Waals surface area contributed by atoms with E-state index in [9.17, 15) is 4.39 Å². The fourth-order valence-corrected chi connectivity index (χ4v) is 4.67. The Kier molecular flexibility index (Phi) is 6.51. The lowest BCUT2D eigenvalue weighted by atomic mass is 10.1. The second-order valence-corrected chi connectivity index (χ2v) is 8.56. The SMILES string of the molecule is COc1ccc(N2CCN(Cc3ccc(OC)c4oc(-c5ccccc5F)cc34)CC2)cc1OC. The van der Waals surface area contributed by atoms with E-state index in [0.717, 1.165) is 60.9 Å². The van der Waals surface area contributed by atoms with Crippen LogP contribution in [0.15, 0.2) is 65.1 Å². The van der Waals surface area contributed by atoms with E-state index in [2.05, 4.69) is 21.9 Å². The Hall–Kier alpha value is -3.71. The van der Waals surface area contributed by atoms with E-state index < -0.39 is 0 Å². The van der Waals surface area contributed by atoms with Gasteiger partial charge in [0.2, 0.25) is 0 Å². The molecule has 5 rings (SSSR count). The first kappa shape index (κ1) is 23.1. The van der Waals surface area contributed by atoms with Gasteiger partial charge in [-0.1, -0.05) is 18.2 Å². The average molecular weight is 477 g/mol. The predicted molar refractivity (Wildman–Crippen MR) is 135 cm³/mol. The summed E-state index contributed by atoms with van der Waals surface area (Å²) in [5.41, 5.74) is 3.35. The number of fused-ring (bicyclic) bond motifs is 1. The van der Waals surface area contributed by atoms with Crippen LogP contribution < -0.4 is 19.1 Å². The Morgan fingerprint density at radius 3 is 2.23 bits per heavy atom. The van der Waals surface area contributed by atoms with Crippen LogP contribution in [0.3, 0.4) is 0 Å². The normalized spacial score (nSPS) is 14.3. The highest BCUT2D eigenvalue weighted by atomic mass is 19.1. The number of halogens is 1. The third kappa shape index (κ3) is 4.51. The number of furan rings is 1. The van der Waals surface area contributed by atoms with Crippen molar-refractivity contribution < 1.29 is 23.0 Å². The van der Waals surface area contributed by atoms with Gasteiger partial charge in [-0.05, 0) is 42.0 Å². The molecular weight excluding hydrogens is 447 g/mol. The molecule has 1 aliphatic rings. The van der Waals surface area contributed by atoms with E-state index in [4.69, 9.17) is 18.6 Å². The van der Waals surface area contributed by atoms with Crippen LogP contribution in [0.25, 0.3) is 22.3 Å². The van der Waals surface area contributed by atoms with E-state index in [1.54, 1.807) is 33.5 Å². The Morgan fingerprint density at radius 2 is 1.51 bits per heavy atom. The van der Waals surface area contributed by atoms with Crippen molar-refractivity contribution in [2.45, 2.75) is 6.54 Å². The highest BCUT2D eigenvalue weighted by Crippen LogP contribution is 2.37. The van der Waals surface area contributed by atoms with Gasteiger partial charge in [-0.25, -0.2) is 4.39 Å². The third-order valence-corrected chi connectivity index (χ3v) is 6.60. The van der Waals surface area contributed by atoms with Gasteiger partial charge in [0.15, 0.2) is 22.8 Å². The summed E-state index contributed by atoms with van der Waals surface area (Å²) in [6.45, 7) is 4.41. The molecule has 1 aliphatic heterocycles. The Bertz CT molecular complexity index is 1330. The molecule has 6 nitrogen and oxygen atoms in total. The van der Waals surface area contributed by atoms with Crippen LogP contribution >= 0.6 is 0 Å². The zero-order valence-electron chi connectivity index (χ0n) is 20.2. The molecule has 0 saturated carbocycles. The largest absolute Gasteiger partial charge is 0.493 e. The van der Waals surface area contributed by atoms with Crippen molar-refractivity contribution in [2.75, 3.05) is 52.4 Å². The number of ether oxygens (including phenoxy) is 3. The summed E-state index contributed by atoms with van der Waals surface area (Å²) >= 11 is 0. The Morgan fingerprint density at radius 1 is 0.800 bits per heavy atom. The molecule has 0 bridgehead atoms. The molecule has 0 atom stereocenters. The zero-order valence-corrected chi connectivity index (χ0v) is 20.2. The number of hydrogen-bond acceptors (Lipinski definition) is 6. The number of nitrogens with zero attached hydrogens (tertiary/aromatic N) is 2. The molecule has 1 aromatic heterocycles. The molecular formula is C28H29FN2O4. The number of rotatable bonds is 7. The van der Waals surface area contributed by atoms with Crippen molar-refractivity contribution in [1.82, 2.24) is 4.90 Å². The maximum absolute atomic E-state index is 14.4. The second-order valence-electron chi connectivity index (χ2n) is 8.56. The molecule has 2 heterocycles. The molecule has 4 aromatic rings. The summed E-state index contributed by atoms with van der Waals surface area (Å²) in [7, 11) is 4.92. The summed E-state index contributed by atoms with van der Waals surface area (Å²) in [6.07, 6.45) is 0. The van der Waals surface area contributed by atoms with Gasteiger partial charge in [0, 0.05) is 49.9 Å². The fourth-order valence-electron chi connectivity index (χ4n) is 4.67. The van der Waals surface area contributed by atoms with Crippen LogP contribution in [0, 0.1) is 5.82 Å². The number of methoxy groups -OCH3 is 3. The minimum absolute atomic E-state index is 0.307. The number of hydrogen-bond donors (Lipinski definition) is 0. The van der Waals surface area contributed by atoms with E-state index in [0.29, 0.717) is 22.7 Å². The molecule has 0 amide bonds. The van der Waals surface area contributed by atoms with E-state index in [1.807, 2.05) is 30.3 Å². The van der Waals surface area contributed by atoms with Gasteiger partial charge in [-0.15, -0.1) is 0 Å². The molecule has 0 spiro atoms. The van der Waals surface area contributed by atoms with Crippen LogP contribution in [0.5, 0.6) is 17.2 Å². The van der Waals surface area contributed by atoms with Crippen molar-refractivity contribution in [3.8, 4) is 28.6 Å². The minimum Gasteiger partial charge on any atom is -0.493 e. The summed E-state index contributed by atoms with van der Waals surface area (Å²) < 4.78 is 36.8. The van der Waals surface area contributed by atoms with Crippen molar-refractivity contribution in [3.63, 3.8) is 0 Å². The van der Waals surface area contributed by atoms with Gasteiger partial charge in [0.25, 0.3) is 0 Å². The maximum Gasteiger partial charge on any atom is 0.176 e. The van der Waals surface area contributed by atoms with Crippen LogP contribution in [-0.2, 0) is 6.54 Å². The summed E-state index contributed by atoms with van der Waals surface area (Å²) in [5, 5.41) is 0.949. The van der Waals surface area contributed by atoms with Crippen molar-refractivity contribution >= 4 is 16.7 Å². The standard InChI is InChI=1S/C28H29FN2O4/c1-32-24-11-9-20(16-27(24)34-3)31-14-12-30(13-15-31)18-19-8-10-25(33-2)28-22(19)17-26(35-28)21-6-4-5-7-23(21)29/h4-11,16-17H,12-15,18H2,1-3H3.